The molecule has 0 aromatic heterocycles. The Balaban J connectivity index is 4.06. The monoisotopic (exact) mass is 219 g/mol. The number of nitrogens with zero attached hydrogens (tertiary/aromatic N) is 1. The molecule has 1 amide bonds. The lowest BCUT2D eigenvalue weighted by atomic mass is 10.1. The Morgan fingerprint density at radius 2 is 2.07 bits per heavy atom. The lowest BCUT2D eigenvalue weighted by Crippen LogP contribution is -2.42. The molecule has 0 aromatic carbocycles. The summed E-state index contributed by atoms with van der Waals surface area (Å²) in [6.45, 7) is 6.45. The average Bonchev–Trinajstić information content (AvgIpc) is 2.08. The van der Waals surface area contributed by atoms with Gasteiger partial charge in [0.15, 0.2) is 0 Å². The highest BCUT2D eigenvalue weighted by atomic mass is 32.2. The number of hydrogen-bond donors (Lipinski definition) is 1. The standard InChI is InChI=1S/C10H21NO2S/c1-5-11(8-10(2,3)13)9(12)6-7-14-4/h13H,5-8H2,1-4H3. The lowest BCUT2D eigenvalue weighted by Gasteiger charge is -2.28. The summed E-state index contributed by atoms with van der Waals surface area (Å²) in [5, 5.41) is 9.59. The van der Waals surface area contributed by atoms with Gasteiger partial charge in [0.2, 0.25) is 5.91 Å². The Labute approximate surface area is 90.9 Å². The highest BCUT2D eigenvalue weighted by molar-refractivity contribution is 7.98. The highest BCUT2D eigenvalue weighted by Crippen LogP contribution is 2.07. The lowest BCUT2D eigenvalue weighted by molar-refractivity contribution is -0.133. The van der Waals surface area contributed by atoms with Crippen LogP contribution in [0.2, 0.25) is 0 Å². The number of carbonyl (C=O) groups is 1. The summed E-state index contributed by atoms with van der Waals surface area (Å²) in [6.07, 6.45) is 2.55. The van der Waals surface area contributed by atoms with E-state index in [1.54, 1.807) is 30.5 Å². The van der Waals surface area contributed by atoms with Crippen LogP contribution in [0.5, 0.6) is 0 Å². The summed E-state index contributed by atoms with van der Waals surface area (Å²) in [6, 6.07) is 0. The van der Waals surface area contributed by atoms with Gasteiger partial charge in [0.1, 0.15) is 0 Å². The van der Waals surface area contributed by atoms with E-state index in [9.17, 15) is 9.90 Å². The van der Waals surface area contributed by atoms with E-state index in [1.807, 2.05) is 13.2 Å². The van der Waals surface area contributed by atoms with Gasteiger partial charge in [-0.15, -0.1) is 0 Å². The van der Waals surface area contributed by atoms with Gasteiger partial charge in [-0.1, -0.05) is 0 Å². The molecular formula is C10H21NO2S. The zero-order chi connectivity index (χ0) is 11.2. The van der Waals surface area contributed by atoms with E-state index in [0.29, 0.717) is 19.5 Å². The maximum atomic E-state index is 11.6. The molecule has 84 valence electrons. The molecule has 0 saturated carbocycles. The van der Waals surface area contributed by atoms with Crippen molar-refractivity contribution >= 4 is 17.7 Å². The summed E-state index contributed by atoms with van der Waals surface area (Å²) in [5.74, 6) is 0.977. The first-order valence-corrected chi connectivity index (χ1v) is 6.29. The number of thioether (sulfide) groups is 1. The molecule has 1 N–H and O–H groups in total. The average molecular weight is 219 g/mol. The smallest absolute Gasteiger partial charge is 0.223 e. The normalized spacial score (nSPS) is 11.5. The van der Waals surface area contributed by atoms with Crippen molar-refractivity contribution in [3.05, 3.63) is 0 Å². The Morgan fingerprint density at radius 1 is 1.50 bits per heavy atom. The van der Waals surface area contributed by atoms with Crippen LogP contribution in [0.1, 0.15) is 27.2 Å². The van der Waals surface area contributed by atoms with Gasteiger partial charge in [0.05, 0.1) is 5.60 Å². The molecule has 3 nitrogen and oxygen atoms in total. The van der Waals surface area contributed by atoms with E-state index in [0.717, 1.165) is 5.75 Å². The van der Waals surface area contributed by atoms with Crippen LogP contribution in [0.3, 0.4) is 0 Å². The van der Waals surface area contributed by atoms with Crippen LogP contribution in [0.4, 0.5) is 0 Å². The predicted octanol–water partition coefficient (Wildman–Crippen LogP) is 1.36. The molecule has 0 aliphatic rings. The maximum absolute atomic E-state index is 11.6. The van der Waals surface area contributed by atoms with Gasteiger partial charge in [0, 0.05) is 25.3 Å². The van der Waals surface area contributed by atoms with Crippen LogP contribution in [-0.2, 0) is 4.79 Å². The molecule has 0 aliphatic carbocycles. The van der Waals surface area contributed by atoms with Crippen LogP contribution in [0, 0.1) is 0 Å². The number of aliphatic hydroxyl groups is 1. The number of likely N-dealkylation sites (N-methyl/N-ethyl adjacent to an activating group) is 1. The van der Waals surface area contributed by atoms with Crippen molar-refractivity contribution in [1.29, 1.82) is 0 Å². The Kier molecular flexibility index (Phi) is 6.20. The van der Waals surface area contributed by atoms with Crippen molar-refractivity contribution in [3.8, 4) is 0 Å². The second-order valence-electron chi connectivity index (χ2n) is 3.96. The third-order valence-electron chi connectivity index (χ3n) is 1.83. The summed E-state index contributed by atoms with van der Waals surface area (Å²) in [5.41, 5.74) is -0.801. The van der Waals surface area contributed by atoms with Gasteiger partial charge in [-0.25, -0.2) is 0 Å². The fraction of sp³-hybridized carbons (Fsp3) is 0.900. The van der Waals surface area contributed by atoms with E-state index in [2.05, 4.69) is 0 Å². The van der Waals surface area contributed by atoms with Crippen molar-refractivity contribution in [3.63, 3.8) is 0 Å². The van der Waals surface area contributed by atoms with Crippen molar-refractivity contribution < 1.29 is 9.90 Å². The first-order chi connectivity index (χ1) is 6.40. The molecular weight excluding hydrogens is 198 g/mol. The summed E-state index contributed by atoms with van der Waals surface area (Å²) in [4.78, 5) is 13.3. The van der Waals surface area contributed by atoms with Gasteiger partial charge >= 0.3 is 0 Å². The molecule has 0 spiro atoms. The van der Waals surface area contributed by atoms with Gasteiger partial charge in [-0.05, 0) is 27.0 Å². The van der Waals surface area contributed by atoms with E-state index in [1.165, 1.54) is 0 Å². The fourth-order valence-electron chi connectivity index (χ4n) is 1.19. The molecule has 14 heavy (non-hydrogen) atoms. The van der Waals surface area contributed by atoms with Crippen LogP contribution >= 0.6 is 11.8 Å². The second kappa shape index (κ2) is 6.30. The van der Waals surface area contributed by atoms with Crippen molar-refractivity contribution in [2.45, 2.75) is 32.8 Å². The molecule has 0 fully saturated rings. The minimum Gasteiger partial charge on any atom is -0.389 e. The molecule has 0 aromatic rings. The topological polar surface area (TPSA) is 40.5 Å². The molecule has 0 bridgehead atoms. The number of carbonyl (C=O) groups excluding carboxylic acids is 1. The van der Waals surface area contributed by atoms with E-state index in [-0.39, 0.29) is 5.91 Å². The number of hydrogen-bond acceptors (Lipinski definition) is 3. The van der Waals surface area contributed by atoms with Crippen LogP contribution in [0.25, 0.3) is 0 Å². The third kappa shape index (κ3) is 6.27. The molecule has 0 saturated heterocycles. The van der Waals surface area contributed by atoms with E-state index in [4.69, 9.17) is 0 Å². The SMILES string of the molecule is CCN(CC(C)(C)O)C(=O)CCSC. The summed E-state index contributed by atoms with van der Waals surface area (Å²) in [7, 11) is 0. The zero-order valence-corrected chi connectivity index (χ0v) is 10.4. The maximum Gasteiger partial charge on any atom is 0.223 e. The third-order valence-corrected chi connectivity index (χ3v) is 2.44. The van der Waals surface area contributed by atoms with Crippen molar-refractivity contribution in [2.24, 2.45) is 0 Å². The molecule has 0 aliphatic heterocycles. The van der Waals surface area contributed by atoms with Crippen LogP contribution in [-0.4, -0.2) is 46.6 Å². The summed E-state index contributed by atoms with van der Waals surface area (Å²) < 4.78 is 0. The molecule has 0 rings (SSSR count). The minimum atomic E-state index is -0.801. The largest absolute Gasteiger partial charge is 0.389 e. The van der Waals surface area contributed by atoms with Gasteiger partial charge in [-0.3, -0.25) is 4.79 Å². The zero-order valence-electron chi connectivity index (χ0n) is 9.54. The van der Waals surface area contributed by atoms with Crippen LogP contribution in [0.15, 0.2) is 0 Å². The highest BCUT2D eigenvalue weighted by Gasteiger charge is 2.20. The van der Waals surface area contributed by atoms with Crippen LogP contribution < -0.4 is 0 Å². The first kappa shape index (κ1) is 13.8. The Hall–Kier alpha value is -0.220. The van der Waals surface area contributed by atoms with E-state index < -0.39 is 5.60 Å². The molecule has 4 heteroatoms. The summed E-state index contributed by atoms with van der Waals surface area (Å²) >= 11 is 1.67. The fourth-order valence-corrected chi connectivity index (χ4v) is 1.57. The number of amides is 1. The molecule has 0 radical (unpaired) electrons. The van der Waals surface area contributed by atoms with E-state index >= 15 is 0 Å². The van der Waals surface area contributed by atoms with Gasteiger partial charge in [0.25, 0.3) is 0 Å². The Bertz CT molecular complexity index is 177. The molecule has 0 heterocycles. The second-order valence-corrected chi connectivity index (χ2v) is 4.95. The number of rotatable bonds is 6. The quantitative estimate of drug-likeness (QED) is 0.733. The van der Waals surface area contributed by atoms with Crippen molar-refractivity contribution in [2.75, 3.05) is 25.1 Å². The first-order valence-electron chi connectivity index (χ1n) is 4.89. The van der Waals surface area contributed by atoms with Gasteiger partial charge in [-0.2, -0.15) is 11.8 Å². The molecule has 0 unspecified atom stereocenters. The Morgan fingerprint density at radius 3 is 2.43 bits per heavy atom. The minimum absolute atomic E-state index is 0.129. The van der Waals surface area contributed by atoms with Crippen molar-refractivity contribution in [1.82, 2.24) is 4.90 Å². The van der Waals surface area contributed by atoms with Gasteiger partial charge < -0.3 is 10.0 Å². The molecule has 0 atom stereocenters. The predicted molar refractivity (Wildman–Crippen MR) is 61.6 cm³/mol.